The second kappa shape index (κ2) is 6.00. The topological polar surface area (TPSA) is 87.4 Å². The molecule has 0 aliphatic heterocycles. The van der Waals surface area contributed by atoms with Crippen molar-refractivity contribution in [1.82, 2.24) is 14.9 Å². The van der Waals surface area contributed by atoms with Crippen molar-refractivity contribution >= 4 is 17.5 Å². The van der Waals surface area contributed by atoms with Gasteiger partial charge < -0.3 is 15.2 Å². The van der Waals surface area contributed by atoms with Crippen LogP contribution in [0.5, 0.6) is 0 Å². The first-order chi connectivity index (χ1) is 8.08. The van der Waals surface area contributed by atoms with Crippen LogP contribution >= 0.6 is 0 Å². The summed E-state index contributed by atoms with van der Waals surface area (Å²) >= 11 is 0. The molecule has 0 unspecified atom stereocenters. The van der Waals surface area contributed by atoms with Crippen LogP contribution in [0.3, 0.4) is 0 Å². The van der Waals surface area contributed by atoms with Gasteiger partial charge in [-0.3, -0.25) is 4.79 Å². The third-order valence-electron chi connectivity index (χ3n) is 2.33. The number of aromatic nitrogens is 2. The molecule has 1 aromatic heterocycles. The minimum absolute atomic E-state index is 0.0210. The van der Waals surface area contributed by atoms with E-state index in [0.717, 1.165) is 0 Å². The van der Waals surface area contributed by atoms with E-state index in [0.29, 0.717) is 18.2 Å². The zero-order valence-corrected chi connectivity index (χ0v) is 10.3. The Morgan fingerprint density at radius 2 is 2.18 bits per heavy atom. The molecule has 7 heteroatoms. The fourth-order valence-electron chi connectivity index (χ4n) is 1.26. The molecule has 1 amide bonds. The molecule has 0 aliphatic rings. The Morgan fingerprint density at radius 3 is 2.71 bits per heavy atom. The number of likely N-dealkylation sites (N-methyl/N-ethyl adjacent to an activating group) is 2. The maximum Gasteiger partial charge on any atom is 0.241 e. The minimum atomic E-state index is 0.0210. The normalized spacial score (nSPS) is 9.88. The summed E-state index contributed by atoms with van der Waals surface area (Å²) in [6.07, 6.45) is 1.41. The van der Waals surface area contributed by atoms with Crippen LogP contribution in [0, 0.1) is 0 Å². The summed E-state index contributed by atoms with van der Waals surface area (Å²) in [4.78, 5) is 23.1. The molecule has 7 nitrogen and oxygen atoms in total. The summed E-state index contributed by atoms with van der Waals surface area (Å²) in [5, 5.41) is 0. The van der Waals surface area contributed by atoms with Gasteiger partial charge >= 0.3 is 0 Å². The van der Waals surface area contributed by atoms with Crippen molar-refractivity contribution in [3.05, 3.63) is 12.4 Å². The maximum atomic E-state index is 11.6. The fraction of sp³-hybridized carbons (Fsp3) is 0.500. The molecule has 0 saturated heterocycles. The van der Waals surface area contributed by atoms with E-state index in [4.69, 9.17) is 5.84 Å². The molecular weight excluding hydrogens is 220 g/mol. The molecule has 0 radical (unpaired) electrons. The zero-order valence-electron chi connectivity index (χ0n) is 10.3. The van der Waals surface area contributed by atoms with Crippen molar-refractivity contribution in [3.63, 3.8) is 0 Å². The molecule has 0 aromatic carbocycles. The summed E-state index contributed by atoms with van der Waals surface area (Å²) in [5.74, 6) is 6.49. The number of hydrazine groups is 1. The van der Waals surface area contributed by atoms with Crippen LogP contribution in [0.15, 0.2) is 12.4 Å². The van der Waals surface area contributed by atoms with Gasteiger partial charge in [-0.05, 0) is 6.92 Å². The van der Waals surface area contributed by atoms with Gasteiger partial charge in [-0.1, -0.05) is 0 Å². The number of carbonyl (C=O) groups excluding carboxylic acids is 1. The SMILES string of the molecule is CCN(CC(=O)N(C)C)c1cc(NN)ncn1. The van der Waals surface area contributed by atoms with Crippen molar-refractivity contribution in [3.8, 4) is 0 Å². The fourth-order valence-corrected chi connectivity index (χ4v) is 1.26. The Labute approximate surface area is 101 Å². The Morgan fingerprint density at radius 1 is 1.47 bits per heavy atom. The van der Waals surface area contributed by atoms with Crippen LogP contribution in [0.2, 0.25) is 0 Å². The van der Waals surface area contributed by atoms with Gasteiger partial charge in [-0.25, -0.2) is 15.8 Å². The number of rotatable bonds is 5. The van der Waals surface area contributed by atoms with Crippen molar-refractivity contribution < 1.29 is 4.79 Å². The lowest BCUT2D eigenvalue weighted by molar-refractivity contribution is -0.127. The number of hydrogen-bond donors (Lipinski definition) is 2. The molecule has 94 valence electrons. The number of anilines is 2. The van der Waals surface area contributed by atoms with E-state index in [2.05, 4.69) is 15.4 Å². The van der Waals surface area contributed by atoms with E-state index in [-0.39, 0.29) is 12.5 Å². The van der Waals surface area contributed by atoms with Crippen molar-refractivity contribution in [2.75, 3.05) is 37.5 Å². The van der Waals surface area contributed by atoms with E-state index in [9.17, 15) is 4.79 Å². The van der Waals surface area contributed by atoms with Gasteiger partial charge in [0.05, 0.1) is 6.54 Å². The highest BCUT2D eigenvalue weighted by Gasteiger charge is 2.12. The summed E-state index contributed by atoms with van der Waals surface area (Å²) < 4.78 is 0. The lowest BCUT2D eigenvalue weighted by Crippen LogP contribution is -2.37. The summed E-state index contributed by atoms with van der Waals surface area (Å²) in [5.41, 5.74) is 2.45. The third kappa shape index (κ3) is 3.56. The molecule has 1 rings (SSSR count). The molecule has 0 atom stereocenters. The molecular formula is C10H18N6O. The van der Waals surface area contributed by atoms with E-state index in [1.165, 1.54) is 6.33 Å². The van der Waals surface area contributed by atoms with Crippen LogP contribution in [0.1, 0.15) is 6.92 Å². The second-order valence-electron chi connectivity index (χ2n) is 3.71. The Hall–Kier alpha value is -1.89. The molecule has 0 aliphatic carbocycles. The Balaban J connectivity index is 2.82. The number of carbonyl (C=O) groups is 1. The number of nitrogen functional groups attached to an aromatic ring is 1. The Bertz CT molecular complexity index is 381. The van der Waals surface area contributed by atoms with E-state index < -0.39 is 0 Å². The van der Waals surface area contributed by atoms with Crippen LogP contribution in [0.25, 0.3) is 0 Å². The Kier molecular flexibility index (Phi) is 4.65. The molecule has 0 bridgehead atoms. The highest BCUT2D eigenvalue weighted by atomic mass is 16.2. The predicted octanol–water partition coefficient (Wildman–Crippen LogP) is -0.323. The van der Waals surface area contributed by atoms with Crippen LogP contribution in [-0.2, 0) is 4.79 Å². The first-order valence-corrected chi connectivity index (χ1v) is 5.32. The lowest BCUT2D eigenvalue weighted by atomic mass is 10.4. The van der Waals surface area contributed by atoms with Crippen molar-refractivity contribution in [2.45, 2.75) is 6.92 Å². The summed E-state index contributed by atoms with van der Waals surface area (Å²) in [7, 11) is 3.45. The highest BCUT2D eigenvalue weighted by Crippen LogP contribution is 2.12. The van der Waals surface area contributed by atoms with E-state index in [1.54, 1.807) is 25.1 Å². The molecule has 0 fully saturated rings. The second-order valence-corrected chi connectivity index (χ2v) is 3.71. The molecule has 3 N–H and O–H groups in total. The molecule has 0 spiro atoms. The highest BCUT2D eigenvalue weighted by molar-refractivity contribution is 5.80. The predicted molar refractivity (Wildman–Crippen MR) is 66.4 cm³/mol. The van der Waals surface area contributed by atoms with Gasteiger partial charge in [0.25, 0.3) is 0 Å². The van der Waals surface area contributed by atoms with Crippen LogP contribution in [-0.4, -0.2) is 48.0 Å². The number of hydrogen-bond acceptors (Lipinski definition) is 6. The van der Waals surface area contributed by atoms with E-state index >= 15 is 0 Å². The molecule has 0 saturated carbocycles. The minimum Gasteiger partial charge on any atom is -0.347 e. The number of nitrogens with two attached hydrogens (primary N) is 1. The standard InChI is InChI=1S/C10H18N6O/c1-4-16(6-10(17)15(2)3)9-5-8(14-11)12-7-13-9/h5,7H,4,6,11H2,1-3H3,(H,12,13,14). The van der Waals surface area contributed by atoms with Crippen LogP contribution < -0.4 is 16.2 Å². The average molecular weight is 238 g/mol. The smallest absolute Gasteiger partial charge is 0.241 e. The first-order valence-electron chi connectivity index (χ1n) is 5.32. The van der Waals surface area contributed by atoms with Crippen LogP contribution in [0.4, 0.5) is 11.6 Å². The molecule has 17 heavy (non-hydrogen) atoms. The number of nitrogens with one attached hydrogen (secondary N) is 1. The quantitative estimate of drug-likeness (QED) is 0.540. The summed E-state index contributed by atoms with van der Waals surface area (Å²) in [6.45, 7) is 2.92. The number of amides is 1. The average Bonchev–Trinajstić information content (AvgIpc) is 2.35. The first kappa shape index (κ1) is 13.2. The maximum absolute atomic E-state index is 11.6. The van der Waals surface area contributed by atoms with Crippen molar-refractivity contribution in [1.29, 1.82) is 0 Å². The van der Waals surface area contributed by atoms with Gasteiger partial charge in [0, 0.05) is 26.7 Å². The molecule has 1 aromatic rings. The van der Waals surface area contributed by atoms with Crippen molar-refractivity contribution in [2.24, 2.45) is 5.84 Å². The molecule has 1 heterocycles. The van der Waals surface area contributed by atoms with Gasteiger partial charge in [-0.15, -0.1) is 0 Å². The van der Waals surface area contributed by atoms with Gasteiger partial charge in [0.1, 0.15) is 18.0 Å². The largest absolute Gasteiger partial charge is 0.347 e. The monoisotopic (exact) mass is 238 g/mol. The van der Waals surface area contributed by atoms with Gasteiger partial charge in [0.15, 0.2) is 0 Å². The number of nitrogens with zero attached hydrogens (tertiary/aromatic N) is 4. The van der Waals surface area contributed by atoms with Gasteiger partial charge in [-0.2, -0.15) is 0 Å². The van der Waals surface area contributed by atoms with E-state index in [1.807, 2.05) is 11.8 Å². The van der Waals surface area contributed by atoms with Gasteiger partial charge in [0.2, 0.25) is 5.91 Å². The summed E-state index contributed by atoms with van der Waals surface area (Å²) in [6, 6.07) is 1.70. The zero-order chi connectivity index (χ0) is 12.8. The lowest BCUT2D eigenvalue weighted by Gasteiger charge is -2.23. The third-order valence-corrected chi connectivity index (χ3v) is 2.33.